The maximum atomic E-state index is 12.1. The van der Waals surface area contributed by atoms with Crippen LogP contribution in [0.1, 0.15) is 37.1 Å². The molecule has 0 bridgehead atoms. The van der Waals surface area contributed by atoms with Gasteiger partial charge >= 0.3 is 0 Å². The number of nitrogens with zero attached hydrogens (tertiary/aromatic N) is 4. The van der Waals surface area contributed by atoms with Crippen molar-refractivity contribution in [1.82, 2.24) is 25.3 Å². The zero-order valence-electron chi connectivity index (χ0n) is 14.0. The SMILES string of the molecule is O=C(CCc1nc(-c2ccccc2)no1)Nc1n[nH]c(C2CCCO2)n1. The van der Waals surface area contributed by atoms with Gasteiger partial charge in [-0.05, 0) is 12.8 Å². The van der Waals surface area contributed by atoms with Gasteiger partial charge < -0.3 is 9.26 Å². The molecule has 1 amide bonds. The van der Waals surface area contributed by atoms with Crippen molar-refractivity contribution in [3.8, 4) is 11.4 Å². The Kier molecular flexibility index (Phi) is 4.69. The lowest BCUT2D eigenvalue weighted by Crippen LogP contribution is -2.13. The van der Waals surface area contributed by atoms with Crippen molar-refractivity contribution in [2.24, 2.45) is 0 Å². The fraction of sp³-hybridized carbons (Fsp3) is 0.353. The van der Waals surface area contributed by atoms with Gasteiger partial charge in [0, 0.05) is 25.0 Å². The number of hydrogen-bond acceptors (Lipinski definition) is 7. The number of aryl methyl sites for hydroxylation is 1. The van der Waals surface area contributed by atoms with E-state index in [4.69, 9.17) is 9.26 Å². The number of nitrogens with one attached hydrogen (secondary N) is 2. The lowest BCUT2D eigenvalue weighted by Gasteiger charge is -2.03. The number of carbonyl (C=O) groups is 1. The molecule has 1 aliphatic rings. The minimum absolute atomic E-state index is 0.0667. The monoisotopic (exact) mass is 354 g/mol. The second-order valence-corrected chi connectivity index (χ2v) is 5.97. The lowest BCUT2D eigenvalue weighted by molar-refractivity contribution is -0.116. The van der Waals surface area contributed by atoms with Crippen molar-refractivity contribution in [2.75, 3.05) is 11.9 Å². The van der Waals surface area contributed by atoms with Crippen LogP contribution in [-0.4, -0.2) is 37.8 Å². The van der Waals surface area contributed by atoms with Crippen molar-refractivity contribution >= 4 is 11.9 Å². The molecular weight excluding hydrogens is 336 g/mol. The van der Waals surface area contributed by atoms with Gasteiger partial charge in [0.15, 0.2) is 5.82 Å². The summed E-state index contributed by atoms with van der Waals surface area (Å²) in [6.45, 7) is 0.724. The third-order valence-corrected chi connectivity index (χ3v) is 4.05. The summed E-state index contributed by atoms with van der Waals surface area (Å²) >= 11 is 0. The highest BCUT2D eigenvalue weighted by molar-refractivity contribution is 5.88. The first-order valence-electron chi connectivity index (χ1n) is 8.50. The first-order chi connectivity index (χ1) is 12.8. The van der Waals surface area contributed by atoms with Crippen LogP contribution in [0.3, 0.4) is 0 Å². The predicted octanol–water partition coefficient (Wildman–Crippen LogP) is 2.28. The number of ether oxygens (including phenoxy) is 1. The molecule has 134 valence electrons. The van der Waals surface area contributed by atoms with Gasteiger partial charge in [0.2, 0.25) is 23.6 Å². The summed E-state index contributed by atoms with van der Waals surface area (Å²) in [6.07, 6.45) is 2.38. The molecule has 1 aromatic carbocycles. The summed E-state index contributed by atoms with van der Waals surface area (Å²) in [6, 6.07) is 9.52. The van der Waals surface area contributed by atoms with E-state index in [0.29, 0.717) is 24.0 Å². The van der Waals surface area contributed by atoms with Crippen LogP contribution in [0.15, 0.2) is 34.9 Å². The van der Waals surface area contributed by atoms with Crippen LogP contribution in [0, 0.1) is 0 Å². The van der Waals surface area contributed by atoms with E-state index in [-0.39, 0.29) is 24.4 Å². The summed E-state index contributed by atoms with van der Waals surface area (Å²) in [5.74, 6) is 1.59. The molecule has 0 spiro atoms. The Labute approximate surface area is 149 Å². The molecule has 1 fully saturated rings. The third-order valence-electron chi connectivity index (χ3n) is 4.05. The summed E-state index contributed by atoms with van der Waals surface area (Å²) in [5.41, 5.74) is 0.870. The van der Waals surface area contributed by atoms with E-state index in [9.17, 15) is 4.79 Å². The van der Waals surface area contributed by atoms with E-state index in [1.807, 2.05) is 30.3 Å². The van der Waals surface area contributed by atoms with Gasteiger partial charge in [-0.25, -0.2) is 0 Å². The zero-order valence-corrected chi connectivity index (χ0v) is 14.0. The largest absolute Gasteiger partial charge is 0.370 e. The molecule has 9 heteroatoms. The Morgan fingerprint density at radius 3 is 2.96 bits per heavy atom. The Morgan fingerprint density at radius 1 is 1.27 bits per heavy atom. The van der Waals surface area contributed by atoms with Crippen LogP contribution >= 0.6 is 0 Å². The Hall–Kier alpha value is -3.07. The van der Waals surface area contributed by atoms with Crippen LogP contribution < -0.4 is 5.32 Å². The molecule has 4 rings (SSSR count). The van der Waals surface area contributed by atoms with Crippen molar-refractivity contribution in [2.45, 2.75) is 31.8 Å². The third kappa shape index (κ3) is 3.77. The normalized spacial score (nSPS) is 16.7. The standard InChI is InChI=1S/C17H18N6O3/c24-13(18-17-20-16(21-22-17)12-7-4-10-25-12)8-9-14-19-15(23-26-14)11-5-2-1-3-6-11/h1-3,5-6,12H,4,7-10H2,(H2,18,20,21,22,24). The minimum atomic E-state index is -0.220. The van der Waals surface area contributed by atoms with Crippen LogP contribution in [0.2, 0.25) is 0 Å². The molecule has 26 heavy (non-hydrogen) atoms. The van der Waals surface area contributed by atoms with Crippen molar-refractivity contribution in [3.63, 3.8) is 0 Å². The first-order valence-corrected chi connectivity index (χ1v) is 8.50. The number of aromatic amines is 1. The summed E-state index contributed by atoms with van der Waals surface area (Å²) < 4.78 is 10.7. The van der Waals surface area contributed by atoms with Crippen LogP contribution in [0.25, 0.3) is 11.4 Å². The highest BCUT2D eigenvalue weighted by Crippen LogP contribution is 2.26. The topological polar surface area (TPSA) is 119 Å². The maximum absolute atomic E-state index is 12.1. The van der Waals surface area contributed by atoms with E-state index in [0.717, 1.165) is 25.0 Å². The number of rotatable bonds is 6. The fourth-order valence-corrected chi connectivity index (χ4v) is 2.74. The molecule has 2 N–H and O–H groups in total. The average Bonchev–Trinajstić information content (AvgIpc) is 3.41. The van der Waals surface area contributed by atoms with E-state index >= 15 is 0 Å². The Balaban J connectivity index is 1.30. The van der Waals surface area contributed by atoms with Crippen molar-refractivity contribution < 1.29 is 14.1 Å². The Morgan fingerprint density at radius 2 is 2.15 bits per heavy atom. The van der Waals surface area contributed by atoms with Crippen LogP contribution in [0.4, 0.5) is 5.95 Å². The average molecular weight is 354 g/mol. The van der Waals surface area contributed by atoms with Gasteiger partial charge in [-0.2, -0.15) is 9.97 Å². The number of hydrogen-bond donors (Lipinski definition) is 2. The minimum Gasteiger partial charge on any atom is -0.370 e. The van der Waals surface area contributed by atoms with E-state index in [1.54, 1.807) is 0 Å². The molecule has 0 saturated carbocycles. The molecule has 1 saturated heterocycles. The zero-order chi connectivity index (χ0) is 17.8. The van der Waals surface area contributed by atoms with Gasteiger partial charge in [0.05, 0.1) is 0 Å². The molecular formula is C17H18N6O3. The molecule has 3 aromatic rings. The van der Waals surface area contributed by atoms with Gasteiger partial charge in [0.25, 0.3) is 0 Å². The van der Waals surface area contributed by atoms with Gasteiger partial charge in [0.1, 0.15) is 6.10 Å². The van der Waals surface area contributed by atoms with Gasteiger partial charge in [-0.1, -0.05) is 35.5 Å². The maximum Gasteiger partial charge on any atom is 0.248 e. The second kappa shape index (κ2) is 7.44. The molecule has 1 atom stereocenters. The van der Waals surface area contributed by atoms with Crippen LogP contribution in [0.5, 0.6) is 0 Å². The number of H-pyrrole nitrogens is 1. The van der Waals surface area contributed by atoms with E-state index in [1.165, 1.54) is 0 Å². The van der Waals surface area contributed by atoms with E-state index < -0.39 is 0 Å². The van der Waals surface area contributed by atoms with Crippen LogP contribution in [-0.2, 0) is 16.0 Å². The van der Waals surface area contributed by atoms with Crippen molar-refractivity contribution in [3.05, 3.63) is 42.0 Å². The first kappa shape index (κ1) is 16.4. The number of anilines is 1. The number of aromatic nitrogens is 5. The number of benzene rings is 1. The molecule has 1 unspecified atom stereocenters. The van der Waals surface area contributed by atoms with Crippen molar-refractivity contribution in [1.29, 1.82) is 0 Å². The molecule has 1 aliphatic heterocycles. The fourth-order valence-electron chi connectivity index (χ4n) is 2.74. The number of amides is 1. The number of carbonyl (C=O) groups excluding carboxylic acids is 1. The molecule has 2 aromatic heterocycles. The molecule has 3 heterocycles. The Bertz CT molecular complexity index is 870. The smallest absolute Gasteiger partial charge is 0.248 e. The summed E-state index contributed by atoms with van der Waals surface area (Å²) in [7, 11) is 0. The quantitative estimate of drug-likeness (QED) is 0.697. The van der Waals surface area contributed by atoms with E-state index in [2.05, 4.69) is 30.6 Å². The molecule has 9 nitrogen and oxygen atoms in total. The van der Waals surface area contributed by atoms with Gasteiger partial charge in [-0.15, -0.1) is 5.10 Å². The second-order valence-electron chi connectivity index (χ2n) is 5.97. The predicted molar refractivity (Wildman–Crippen MR) is 91.0 cm³/mol. The summed E-state index contributed by atoms with van der Waals surface area (Å²) in [4.78, 5) is 20.6. The summed E-state index contributed by atoms with van der Waals surface area (Å²) in [5, 5.41) is 13.4. The lowest BCUT2D eigenvalue weighted by atomic mass is 10.2. The highest BCUT2D eigenvalue weighted by atomic mass is 16.5. The van der Waals surface area contributed by atoms with Gasteiger partial charge in [-0.3, -0.25) is 15.2 Å². The molecule has 0 aliphatic carbocycles. The highest BCUT2D eigenvalue weighted by Gasteiger charge is 2.21. The molecule has 0 radical (unpaired) electrons.